The molecule has 0 unspecified atom stereocenters. The van der Waals surface area contributed by atoms with Gasteiger partial charge < -0.3 is 0 Å². The zero-order chi connectivity index (χ0) is 11.6. The summed E-state index contributed by atoms with van der Waals surface area (Å²) in [6, 6.07) is 8.67. The van der Waals surface area contributed by atoms with Crippen LogP contribution in [0.25, 0.3) is 6.08 Å². The molecule has 0 atom stereocenters. The molecule has 1 aromatic rings. The van der Waals surface area contributed by atoms with E-state index >= 15 is 0 Å². The molecule has 0 amide bonds. The van der Waals surface area contributed by atoms with Crippen LogP contribution >= 0.6 is 0 Å². The number of aryl methyl sites for hydroxylation is 1. The van der Waals surface area contributed by atoms with Crippen molar-refractivity contribution in [1.29, 1.82) is 0 Å². The Kier molecular flexibility index (Phi) is 6.32. The van der Waals surface area contributed by atoms with E-state index in [4.69, 9.17) is 0 Å². The van der Waals surface area contributed by atoms with Gasteiger partial charge in [-0.2, -0.15) is 0 Å². The van der Waals surface area contributed by atoms with Gasteiger partial charge in [-0.25, -0.2) is 0 Å². The lowest BCUT2D eigenvalue weighted by molar-refractivity contribution is 0.836. The van der Waals surface area contributed by atoms with Crippen LogP contribution in [-0.2, 0) is 6.42 Å². The zero-order valence-electron chi connectivity index (χ0n) is 10.3. The van der Waals surface area contributed by atoms with Crippen LogP contribution in [0.1, 0.15) is 43.7 Å². The topological polar surface area (TPSA) is 0 Å². The molecule has 0 fully saturated rings. The van der Waals surface area contributed by atoms with Gasteiger partial charge >= 0.3 is 0 Å². The smallest absolute Gasteiger partial charge is 0.0262 e. The van der Waals surface area contributed by atoms with Gasteiger partial charge in [-0.15, -0.1) is 0 Å². The molecule has 1 rings (SSSR count). The van der Waals surface area contributed by atoms with Gasteiger partial charge in [-0.1, -0.05) is 62.4 Å². The highest BCUT2D eigenvalue weighted by atomic mass is 14.0. The molecule has 0 bridgehead atoms. The van der Waals surface area contributed by atoms with Crippen molar-refractivity contribution < 1.29 is 0 Å². The highest BCUT2D eigenvalue weighted by Gasteiger charge is 1.92. The number of unbranched alkanes of at least 4 members (excludes halogenated alkanes) is 2. The second kappa shape index (κ2) is 7.92. The molecule has 0 radical (unpaired) electrons. The summed E-state index contributed by atoms with van der Waals surface area (Å²) < 4.78 is 0. The molecule has 0 nitrogen and oxygen atoms in total. The Hall–Kier alpha value is -1.30. The van der Waals surface area contributed by atoms with E-state index in [2.05, 4.69) is 49.9 Å². The molecule has 0 aliphatic rings. The molecule has 0 aliphatic heterocycles. The molecule has 16 heavy (non-hydrogen) atoms. The van der Waals surface area contributed by atoms with Crippen molar-refractivity contribution in [2.75, 3.05) is 0 Å². The molecule has 0 N–H and O–H groups in total. The van der Waals surface area contributed by atoms with E-state index in [0.29, 0.717) is 0 Å². The fourth-order valence-corrected chi connectivity index (χ4v) is 1.65. The van der Waals surface area contributed by atoms with Gasteiger partial charge in [0, 0.05) is 0 Å². The number of allylic oxidation sites excluding steroid dienone is 2. The van der Waals surface area contributed by atoms with Crippen molar-refractivity contribution >= 4 is 6.08 Å². The minimum Gasteiger partial charge on any atom is -0.0985 e. The third-order valence-electron chi connectivity index (χ3n) is 2.67. The number of benzene rings is 1. The third kappa shape index (κ3) is 4.97. The van der Waals surface area contributed by atoms with Gasteiger partial charge in [0.25, 0.3) is 0 Å². The maximum absolute atomic E-state index is 3.76. The van der Waals surface area contributed by atoms with Crippen LogP contribution in [-0.4, -0.2) is 0 Å². The molecule has 0 aromatic heterocycles. The summed E-state index contributed by atoms with van der Waals surface area (Å²) in [6.07, 6.45) is 12.6. The highest BCUT2D eigenvalue weighted by Crippen LogP contribution is 2.09. The van der Waals surface area contributed by atoms with E-state index in [1.165, 1.54) is 43.2 Å². The second-order valence-corrected chi connectivity index (χ2v) is 4.10. The molecule has 1 aromatic carbocycles. The number of rotatable bonds is 7. The van der Waals surface area contributed by atoms with Gasteiger partial charge in [-0.05, 0) is 36.8 Å². The molecule has 0 saturated carbocycles. The fourth-order valence-electron chi connectivity index (χ4n) is 1.65. The van der Waals surface area contributed by atoms with Crippen LogP contribution in [0.5, 0.6) is 0 Å². The summed E-state index contributed by atoms with van der Waals surface area (Å²) in [7, 11) is 0. The summed E-state index contributed by atoms with van der Waals surface area (Å²) in [6.45, 7) is 5.97. The normalized spacial score (nSPS) is 10.8. The SMILES string of the molecule is C=Cc1ccc(CCCC=CCCC)cc1. The van der Waals surface area contributed by atoms with Crippen molar-refractivity contribution in [2.24, 2.45) is 0 Å². The Bertz CT molecular complexity index is 316. The van der Waals surface area contributed by atoms with Crippen LogP contribution in [0.2, 0.25) is 0 Å². The molecule has 0 heteroatoms. The van der Waals surface area contributed by atoms with Crippen LogP contribution < -0.4 is 0 Å². The van der Waals surface area contributed by atoms with Crippen molar-refractivity contribution in [1.82, 2.24) is 0 Å². The van der Waals surface area contributed by atoms with Crippen LogP contribution in [0, 0.1) is 0 Å². The largest absolute Gasteiger partial charge is 0.0985 e. The lowest BCUT2D eigenvalue weighted by Gasteiger charge is -2.00. The average Bonchev–Trinajstić information content (AvgIpc) is 2.34. The summed E-state index contributed by atoms with van der Waals surface area (Å²) in [5.41, 5.74) is 2.63. The molecule has 0 spiro atoms. The van der Waals surface area contributed by atoms with E-state index in [0.717, 1.165) is 0 Å². The maximum Gasteiger partial charge on any atom is -0.0262 e. The lowest BCUT2D eigenvalue weighted by atomic mass is 10.1. The molecule has 86 valence electrons. The van der Waals surface area contributed by atoms with E-state index in [-0.39, 0.29) is 0 Å². The first-order valence-corrected chi connectivity index (χ1v) is 6.23. The minimum absolute atomic E-state index is 1.17. The van der Waals surface area contributed by atoms with Crippen LogP contribution in [0.3, 0.4) is 0 Å². The Labute approximate surface area is 99.7 Å². The maximum atomic E-state index is 3.76. The highest BCUT2D eigenvalue weighted by molar-refractivity contribution is 5.47. The molecule has 0 heterocycles. The average molecular weight is 214 g/mol. The first kappa shape index (κ1) is 12.8. The van der Waals surface area contributed by atoms with Gasteiger partial charge in [-0.3, -0.25) is 0 Å². The monoisotopic (exact) mass is 214 g/mol. The predicted molar refractivity (Wildman–Crippen MR) is 73.5 cm³/mol. The predicted octanol–water partition coefficient (Wildman–Crippen LogP) is 5.01. The van der Waals surface area contributed by atoms with Crippen molar-refractivity contribution in [3.8, 4) is 0 Å². The quantitative estimate of drug-likeness (QED) is 0.442. The Morgan fingerprint density at radius 2 is 1.75 bits per heavy atom. The van der Waals surface area contributed by atoms with Gasteiger partial charge in [0.2, 0.25) is 0 Å². The molecule has 0 saturated heterocycles. The summed E-state index contributed by atoms with van der Waals surface area (Å²) in [5, 5.41) is 0. The number of hydrogen-bond donors (Lipinski definition) is 0. The van der Waals surface area contributed by atoms with Crippen molar-refractivity contribution in [3.05, 3.63) is 54.1 Å². The first-order valence-electron chi connectivity index (χ1n) is 6.23. The third-order valence-corrected chi connectivity index (χ3v) is 2.67. The van der Waals surface area contributed by atoms with Crippen molar-refractivity contribution in [2.45, 2.75) is 39.0 Å². The van der Waals surface area contributed by atoms with E-state index in [1.807, 2.05) is 6.08 Å². The standard InChI is InChI=1S/C16H22/c1-3-5-6-7-8-9-10-16-13-11-15(4-2)12-14-16/h4,6-7,11-14H,2-3,5,8-10H2,1H3. The summed E-state index contributed by atoms with van der Waals surface area (Å²) in [4.78, 5) is 0. The fraction of sp³-hybridized carbons (Fsp3) is 0.375. The van der Waals surface area contributed by atoms with Gasteiger partial charge in [0.1, 0.15) is 0 Å². The van der Waals surface area contributed by atoms with E-state index in [1.54, 1.807) is 0 Å². The van der Waals surface area contributed by atoms with Gasteiger partial charge in [0.05, 0.1) is 0 Å². The lowest BCUT2D eigenvalue weighted by Crippen LogP contribution is -1.84. The number of hydrogen-bond acceptors (Lipinski definition) is 0. The first-order chi connectivity index (χ1) is 7.86. The van der Waals surface area contributed by atoms with E-state index in [9.17, 15) is 0 Å². The Morgan fingerprint density at radius 1 is 1.06 bits per heavy atom. The molecular formula is C16H22. The van der Waals surface area contributed by atoms with Gasteiger partial charge in [0.15, 0.2) is 0 Å². The molecule has 0 aliphatic carbocycles. The summed E-state index contributed by atoms with van der Waals surface area (Å²) >= 11 is 0. The minimum atomic E-state index is 1.17. The van der Waals surface area contributed by atoms with E-state index < -0.39 is 0 Å². The molecular weight excluding hydrogens is 192 g/mol. The Balaban J connectivity index is 2.24. The summed E-state index contributed by atoms with van der Waals surface area (Å²) in [5.74, 6) is 0. The Morgan fingerprint density at radius 3 is 2.38 bits per heavy atom. The van der Waals surface area contributed by atoms with Crippen LogP contribution in [0.4, 0.5) is 0 Å². The van der Waals surface area contributed by atoms with Crippen molar-refractivity contribution in [3.63, 3.8) is 0 Å². The second-order valence-electron chi connectivity index (χ2n) is 4.10. The van der Waals surface area contributed by atoms with Crippen LogP contribution in [0.15, 0.2) is 43.0 Å². The zero-order valence-corrected chi connectivity index (χ0v) is 10.3.